The fraction of sp³-hybridized carbons (Fsp3) is 0.375. The number of nitrogens with one attached hydrogen (secondary N) is 2. The molecule has 4 heteroatoms. The average Bonchev–Trinajstić information content (AvgIpc) is 3.23. The van der Waals surface area contributed by atoms with Gasteiger partial charge in [-0.1, -0.05) is 31.2 Å². The van der Waals surface area contributed by atoms with Crippen molar-refractivity contribution < 1.29 is 9.53 Å². The zero-order valence-electron chi connectivity index (χ0n) is 16.7. The van der Waals surface area contributed by atoms with E-state index in [4.69, 9.17) is 4.74 Å². The molecule has 0 bridgehead atoms. The Morgan fingerprint density at radius 1 is 1.25 bits per heavy atom. The lowest BCUT2D eigenvalue weighted by Gasteiger charge is -2.37. The van der Waals surface area contributed by atoms with Gasteiger partial charge >= 0.3 is 0 Å². The number of hydrogen-bond donors (Lipinski definition) is 2. The highest BCUT2D eigenvalue weighted by molar-refractivity contribution is 5.95. The van der Waals surface area contributed by atoms with Gasteiger partial charge in [0.1, 0.15) is 5.75 Å². The smallest absolute Gasteiger partial charge is 0.251 e. The standard InChI is InChI=1S/C24H28N2O2/c1-4-15(2)25-24(27)17-10-13-22-21(14-17)19-6-5-7-20(19)23(26-22)16-8-11-18(28-3)12-9-16/h5-6,8-15,19-20,23,26H,4,7H2,1-3H3,(H,25,27). The van der Waals surface area contributed by atoms with Gasteiger partial charge < -0.3 is 15.4 Å². The topological polar surface area (TPSA) is 50.4 Å². The number of carbonyl (C=O) groups is 1. The van der Waals surface area contributed by atoms with Crippen LogP contribution in [0.4, 0.5) is 5.69 Å². The largest absolute Gasteiger partial charge is 0.497 e. The summed E-state index contributed by atoms with van der Waals surface area (Å²) in [7, 11) is 1.69. The summed E-state index contributed by atoms with van der Waals surface area (Å²) in [6, 6.07) is 14.8. The number of hydrogen-bond acceptors (Lipinski definition) is 3. The fourth-order valence-corrected chi connectivity index (χ4v) is 4.29. The minimum atomic E-state index is 0.00737. The van der Waals surface area contributed by atoms with Crippen molar-refractivity contribution in [2.24, 2.45) is 5.92 Å². The number of fused-ring (bicyclic) bond motifs is 3. The van der Waals surface area contributed by atoms with Crippen LogP contribution in [0.2, 0.25) is 0 Å². The summed E-state index contributed by atoms with van der Waals surface area (Å²) in [5.41, 5.74) is 4.35. The van der Waals surface area contributed by atoms with Crippen LogP contribution in [0.25, 0.3) is 0 Å². The Kier molecular flexibility index (Phi) is 5.12. The van der Waals surface area contributed by atoms with E-state index in [1.165, 1.54) is 11.1 Å². The molecule has 0 saturated carbocycles. The Labute approximate surface area is 167 Å². The molecular formula is C24H28N2O2. The number of methoxy groups -OCH3 is 1. The number of benzene rings is 2. The van der Waals surface area contributed by atoms with Crippen LogP contribution in [-0.2, 0) is 0 Å². The summed E-state index contributed by atoms with van der Waals surface area (Å²) >= 11 is 0. The molecule has 0 radical (unpaired) electrons. The third-order valence-electron chi connectivity index (χ3n) is 6.09. The second kappa shape index (κ2) is 7.70. The first-order chi connectivity index (χ1) is 13.6. The van der Waals surface area contributed by atoms with Crippen LogP contribution in [0.1, 0.15) is 60.1 Å². The molecule has 2 N–H and O–H groups in total. The monoisotopic (exact) mass is 376 g/mol. The summed E-state index contributed by atoms with van der Waals surface area (Å²) in [6.07, 6.45) is 6.54. The molecule has 4 unspecified atom stereocenters. The average molecular weight is 377 g/mol. The van der Waals surface area contributed by atoms with Crippen molar-refractivity contribution in [3.05, 3.63) is 71.3 Å². The first-order valence-corrected chi connectivity index (χ1v) is 10.1. The van der Waals surface area contributed by atoms with Crippen molar-refractivity contribution in [3.8, 4) is 5.75 Å². The van der Waals surface area contributed by atoms with Gasteiger partial charge in [-0.25, -0.2) is 0 Å². The third kappa shape index (κ3) is 3.39. The lowest BCUT2D eigenvalue weighted by molar-refractivity contribution is 0.0939. The predicted molar refractivity (Wildman–Crippen MR) is 113 cm³/mol. The molecular weight excluding hydrogens is 348 g/mol. The molecule has 1 aliphatic carbocycles. The highest BCUT2D eigenvalue weighted by Crippen LogP contribution is 2.50. The molecule has 2 aromatic carbocycles. The van der Waals surface area contributed by atoms with Gasteiger partial charge in [0.25, 0.3) is 5.91 Å². The molecule has 0 saturated heterocycles. The van der Waals surface area contributed by atoms with Crippen LogP contribution in [0.5, 0.6) is 5.75 Å². The highest BCUT2D eigenvalue weighted by atomic mass is 16.5. The number of allylic oxidation sites excluding steroid dienone is 2. The van der Waals surface area contributed by atoms with E-state index >= 15 is 0 Å². The molecule has 2 aliphatic rings. The molecule has 1 aliphatic heterocycles. The second-order valence-electron chi connectivity index (χ2n) is 7.83. The van der Waals surface area contributed by atoms with E-state index in [1.807, 2.05) is 25.1 Å². The van der Waals surface area contributed by atoms with Gasteiger partial charge in [0.2, 0.25) is 0 Å². The number of carbonyl (C=O) groups excluding carboxylic acids is 1. The minimum Gasteiger partial charge on any atom is -0.497 e. The molecule has 4 nitrogen and oxygen atoms in total. The first-order valence-electron chi connectivity index (χ1n) is 10.1. The SMILES string of the molecule is CCC(C)NC(=O)c1ccc2c(c1)C1C=CCC1C(c1ccc(OC)cc1)N2. The van der Waals surface area contributed by atoms with E-state index in [0.29, 0.717) is 11.8 Å². The maximum absolute atomic E-state index is 12.6. The zero-order valence-corrected chi connectivity index (χ0v) is 16.7. The summed E-state index contributed by atoms with van der Waals surface area (Å²) in [4.78, 5) is 12.6. The first kappa shape index (κ1) is 18.6. The summed E-state index contributed by atoms with van der Waals surface area (Å²) in [5.74, 6) is 1.67. The quantitative estimate of drug-likeness (QED) is 0.718. The van der Waals surface area contributed by atoms with Crippen LogP contribution in [-0.4, -0.2) is 19.1 Å². The number of rotatable bonds is 5. The Hall–Kier alpha value is -2.75. The normalized spacial score (nSPS) is 23.3. The molecule has 146 valence electrons. The second-order valence-corrected chi connectivity index (χ2v) is 7.83. The van der Waals surface area contributed by atoms with Gasteiger partial charge in [-0.3, -0.25) is 4.79 Å². The maximum Gasteiger partial charge on any atom is 0.251 e. The Bertz CT molecular complexity index is 888. The summed E-state index contributed by atoms with van der Waals surface area (Å²) < 4.78 is 5.30. The predicted octanol–water partition coefficient (Wildman–Crippen LogP) is 5.05. The Balaban J connectivity index is 1.63. The van der Waals surface area contributed by atoms with E-state index in [9.17, 15) is 4.79 Å². The van der Waals surface area contributed by atoms with E-state index in [2.05, 4.69) is 54.0 Å². The Morgan fingerprint density at radius 3 is 2.75 bits per heavy atom. The zero-order chi connectivity index (χ0) is 19.7. The summed E-state index contributed by atoms with van der Waals surface area (Å²) in [5, 5.41) is 6.80. The molecule has 0 spiro atoms. The van der Waals surface area contributed by atoms with E-state index < -0.39 is 0 Å². The molecule has 1 amide bonds. The maximum atomic E-state index is 12.6. The minimum absolute atomic E-state index is 0.00737. The van der Waals surface area contributed by atoms with Gasteiger partial charge in [0.05, 0.1) is 13.2 Å². The van der Waals surface area contributed by atoms with Crippen molar-refractivity contribution in [3.63, 3.8) is 0 Å². The van der Waals surface area contributed by atoms with Gasteiger partial charge in [-0.15, -0.1) is 0 Å². The van der Waals surface area contributed by atoms with Crippen LogP contribution in [0, 0.1) is 5.92 Å². The molecule has 0 fully saturated rings. The van der Waals surface area contributed by atoms with Gasteiger partial charge in [0.15, 0.2) is 0 Å². The van der Waals surface area contributed by atoms with Crippen molar-refractivity contribution in [1.82, 2.24) is 5.32 Å². The fourth-order valence-electron chi connectivity index (χ4n) is 4.29. The molecule has 1 heterocycles. The van der Waals surface area contributed by atoms with Gasteiger partial charge in [-0.2, -0.15) is 0 Å². The van der Waals surface area contributed by atoms with Gasteiger partial charge in [0, 0.05) is 23.2 Å². The number of amides is 1. The lowest BCUT2D eigenvalue weighted by atomic mass is 9.76. The Morgan fingerprint density at radius 2 is 2.04 bits per heavy atom. The van der Waals surface area contributed by atoms with Crippen molar-refractivity contribution in [2.45, 2.75) is 44.7 Å². The molecule has 28 heavy (non-hydrogen) atoms. The van der Waals surface area contributed by atoms with Crippen LogP contribution in [0.3, 0.4) is 0 Å². The van der Waals surface area contributed by atoms with Crippen LogP contribution < -0.4 is 15.4 Å². The molecule has 4 rings (SSSR count). The van der Waals surface area contributed by atoms with Crippen molar-refractivity contribution in [1.29, 1.82) is 0 Å². The van der Waals surface area contributed by atoms with E-state index in [1.54, 1.807) is 7.11 Å². The highest BCUT2D eigenvalue weighted by Gasteiger charge is 2.38. The van der Waals surface area contributed by atoms with E-state index in [-0.39, 0.29) is 18.0 Å². The third-order valence-corrected chi connectivity index (χ3v) is 6.09. The summed E-state index contributed by atoms with van der Waals surface area (Å²) in [6.45, 7) is 4.11. The molecule has 0 aromatic heterocycles. The van der Waals surface area contributed by atoms with Crippen LogP contribution >= 0.6 is 0 Å². The van der Waals surface area contributed by atoms with Gasteiger partial charge in [-0.05, 0) is 67.1 Å². The van der Waals surface area contributed by atoms with Crippen molar-refractivity contribution in [2.75, 3.05) is 12.4 Å². The molecule has 4 atom stereocenters. The molecule has 2 aromatic rings. The lowest BCUT2D eigenvalue weighted by Crippen LogP contribution is -2.33. The van der Waals surface area contributed by atoms with Crippen LogP contribution in [0.15, 0.2) is 54.6 Å². The van der Waals surface area contributed by atoms with Crippen molar-refractivity contribution >= 4 is 11.6 Å². The number of anilines is 1. The number of ether oxygens (including phenoxy) is 1. The van der Waals surface area contributed by atoms with E-state index in [0.717, 1.165) is 29.8 Å².